The molecule has 0 saturated carbocycles. The van der Waals surface area contributed by atoms with Crippen LogP contribution in [0.4, 0.5) is 4.39 Å². The molecule has 0 aliphatic rings. The quantitative estimate of drug-likeness (QED) is 0.565. The van der Waals surface area contributed by atoms with Gasteiger partial charge in [0.2, 0.25) is 0 Å². The van der Waals surface area contributed by atoms with E-state index in [9.17, 15) is 9.18 Å². The van der Waals surface area contributed by atoms with Crippen molar-refractivity contribution in [1.82, 2.24) is 0 Å². The molecule has 0 aromatic heterocycles. The first-order valence-electron chi connectivity index (χ1n) is 7.45. The van der Waals surface area contributed by atoms with Crippen molar-refractivity contribution in [2.45, 2.75) is 6.92 Å². The second-order valence-electron chi connectivity index (χ2n) is 4.89. The van der Waals surface area contributed by atoms with Crippen LogP contribution < -0.4 is 14.2 Å². The van der Waals surface area contributed by atoms with Gasteiger partial charge in [-0.05, 0) is 42.8 Å². The molecule has 0 fully saturated rings. The Balaban J connectivity index is 2.21. The SMILES string of the molecule is CCOc1cc(/C=C/C(=O)c2ccc(OC)cc2F)ccc1OC. The van der Waals surface area contributed by atoms with Gasteiger partial charge in [0.05, 0.1) is 26.4 Å². The van der Waals surface area contributed by atoms with E-state index in [1.165, 1.54) is 25.3 Å². The highest BCUT2D eigenvalue weighted by atomic mass is 19.1. The minimum atomic E-state index is -0.617. The van der Waals surface area contributed by atoms with Gasteiger partial charge in [0.15, 0.2) is 17.3 Å². The zero-order chi connectivity index (χ0) is 17.5. The van der Waals surface area contributed by atoms with Crippen LogP contribution in [0.2, 0.25) is 0 Å². The third-order valence-electron chi connectivity index (χ3n) is 3.36. The van der Waals surface area contributed by atoms with Crippen molar-refractivity contribution in [1.29, 1.82) is 0 Å². The van der Waals surface area contributed by atoms with Gasteiger partial charge in [-0.1, -0.05) is 12.1 Å². The number of hydrogen-bond acceptors (Lipinski definition) is 4. The number of methoxy groups -OCH3 is 2. The molecule has 0 spiro atoms. The Morgan fingerprint density at radius 2 is 1.88 bits per heavy atom. The Morgan fingerprint density at radius 1 is 1.08 bits per heavy atom. The number of carbonyl (C=O) groups is 1. The maximum atomic E-state index is 13.9. The summed E-state index contributed by atoms with van der Waals surface area (Å²) in [6.45, 7) is 2.37. The molecule has 0 aliphatic heterocycles. The Kier molecular flexibility index (Phi) is 5.95. The van der Waals surface area contributed by atoms with Crippen LogP contribution in [0, 0.1) is 5.82 Å². The summed E-state index contributed by atoms with van der Waals surface area (Å²) in [5.74, 6) is 0.522. The number of benzene rings is 2. The van der Waals surface area contributed by atoms with E-state index in [1.807, 2.05) is 6.92 Å². The van der Waals surface area contributed by atoms with E-state index in [-0.39, 0.29) is 5.56 Å². The smallest absolute Gasteiger partial charge is 0.188 e. The second kappa shape index (κ2) is 8.15. The van der Waals surface area contributed by atoms with Crippen molar-refractivity contribution in [2.24, 2.45) is 0 Å². The van der Waals surface area contributed by atoms with Gasteiger partial charge in [0.25, 0.3) is 0 Å². The Bertz CT molecular complexity index is 753. The average Bonchev–Trinajstić information content (AvgIpc) is 2.60. The van der Waals surface area contributed by atoms with Crippen LogP contribution >= 0.6 is 0 Å². The van der Waals surface area contributed by atoms with E-state index in [0.717, 1.165) is 5.56 Å². The minimum absolute atomic E-state index is 0.00871. The number of rotatable bonds is 7. The van der Waals surface area contributed by atoms with Crippen LogP contribution in [0.25, 0.3) is 6.08 Å². The van der Waals surface area contributed by atoms with E-state index in [0.29, 0.717) is 23.9 Å². The van der Waals surface area contributed by atoms with Crippen LogP contribution in [0.3, 0.4) is 0 Å². The molecule has 0 heterocycles. The van der Waals surface area contributed by atoms with E-state index in [1.54, 1.807) is 37.5 Å². The molecule has 0 saturated heterocycles. The highest BCUT2D eigenvalue weighted by molar-refractivity contribution is 6.07. The van der Waals surface area contributed by atoms with Crippen molar-refractivity contribution in [3.8, 4) is 17.2 Å². The third kappa shape index (κ3) is 4.13. The molecule has 4 nitrogen and oxygen atoms in total. The lowest BCUT2D eigenvalue weighted by atomic mass is 10.1. The minimum Gasteiger partial charge on any atom is -0.497 e. The predicted octanol–water partition coefficient (Wildman–Crippen LogP) is 4.14. The first kappa shape index (κ1) is 17.5. The summed E-state index contributed by atoms with van der Waals surface area (Å²) in [7, 11) is 3.00. The molecule has 126 valence electrons. The fourth-order valence-corrected chi connectivity index (χ4v) is 2.15. The number of ether oxygens (including phenoxy) is 3. The molecule has 2 rings (SSSR count). The van der Waals surface area contributed by atoms with Gasteiger partial charge in [-0.25, -0.2) is 4.39 Å². The first-order chi connectivity index (χ1) is 11.6. The van der Waals surface area contributed by atoms with Crippen molar-refractivity contribution in [3.63, 3.8) is 0 Å². The molecule has 2 aromatic carbocycles. The second-order valence-corrected chi connectivity index (χ2v) is 4.89. The summed E-state index contributed by atoms with van der Waals surface area (Å²) in [4.78, 5) is 12.1. The maximum absolute atomic E-state index is 13.9. The number of carbonyl (C=O) groups excluding carboxylic acids is 1. The van der Waals surface area contributed by atoms with E-state index >= 15 is 0 Å². The maximum Gasteiger partial charge on any atom is 0.188 e. The zero-order valence-corrected chi connectivity index (χ0v) is 13.8. The highest BCUT2D eigenvalue weighted by Crippen LogP contribution is 2.28. The van der Waals surface area contributed by atoms with E-state index in [2.05, 4.69) is 0 Å². The topological polar surface area (TPSA) is 44.8 Å². The Labute approximate surface area is 140 Å². The summed E-state index contributed by atoms with van der Waals surface area (Å²) in [5, 5.41) is 0. The molecular weight excluding hydrogens is 311 g/mol. The van der Waals surface area contributed by atoms with Crippen molar-refractivity contribution in [3.05, 3.63) is 59.4 Å². The summed E-state index contributed by atoms with van der Waals surface area (Å²) in [6.07, 6.45) is 2.93. The summed E-state index contributed by atoms with van der Waals surface area (Å²) >= 11 is 0. The molecule has 0 radical (unpaired) electrons. The van der Waals surface area contributed by atoms with Gasteiger partial charge in [-0.15, -0.1) is 0 Å². The zero-order valence-electron chi connectivity index (χ0n) is 13.8. The Morgan fingerprint density at radius 3 is 2.50 bits per heavy atom. The molecule has 0 bridgehead atoms. The first-order valence-corrected chi connectivity index (χ1v) is 7.45. The van der Waals surface area contributed by atoms with Crippen molar-refractivity contribution in [2.75, 3.05) is 20.8 Å². The molecule has 0 atom stereocenters. The summed E-state index contributed by atoms with van der Waals surface area (Å²) < 4.78 is 29.5. The highest BCUT2D eigenvalue weighted by Gasteiger charge is 2.10. The average molecular weight is 330 g/mol. The van der Waals surface area contributed by atoms with Gasteiger partial charge in [0, 0.05) is 6.07 Å². The predicted molar refractivity (Wildman–Crippen MR) is 90.5 cm³/mol. The molecular formula is C19H19FO4. The van der Waals surface area contributed by atoms with Crippen LogP contribution in [-0.4, -0.2) is 26.6 Å². The van der Waals surface area contributed by atoms with Crippen molar-refractivity contribution >= 4 is 11.9 Å². The Hall–Kier alpha value is -2.82. The lowest BCUT2D eigenvalue weighted by molar-refractivity contribution is 0.104. The van der Waals surface area contributed by atoms with Crippen LogP contribution in [0.1, 0.15) is 22.8 Å². The number of hydrogen-bond donors (Lipinski definition) is 0. The number of allylic oxidation sites excluding steroid dienone is 1. The number of halogens is 1. The van der Waals surface area contributed by atoms with E-state index < -0.39 is 11.6 Å². The fourth-order valence-electron chi connectivity index (χ4n) is 2.15. The molecule has 0 N–H and O–H groups in total. The summed E-state index contributed by atoms with van der Waals surface area (Å²) in [5.41, 5.74) is 0.743. The van der Waals surface area contributed by atoms with Gasteiger partial charge < -0.3 is 14.2 Å². The molecule has 5 heteroatoms. The molecule has 0 amide bonds. The van der Waals surface area contributed by atoms with Gasteiger partial charge in [-0.3, -0.25) is 4.79 Å². The van der Waals surface area contributed by atoms with Gasteiger partial charge in [0.1, 0.15) is 11.6 Å². The molecule has 0 unspecified atom stereocenters. The monoisotopic (exact) mass is 330 g/mol. The largest absolute Gasteiger partial charge is 0.497 e. The lowest BCUT2D eigenvalue weighted by Gasteiger charge is -2.09. The van der Waals surface area contributed by atoms with Crippen LogP contribution in [0.5, 0.6) is 17.2 Å². The fraction of sp³-hybridized carbons (Fsp3) is 0.211. The van der Waals surface area contributed by atoms with Gasteiger partial charge in [-0.2, -0.15) is 0 Å². The molecule has 0 aliphatic carbocycles. The number of ketones is 1. The molecule has 2 aromatic rings. The third-order valence-corrected chi connectivity index (χ3v) is 3.36. The normalized spacial score (nSPS) is 10.7. The summed E-state index contributed by atoms with van der Waals surface area (Å²) in [6, 6.07) is 9.43. The van der Waals surface area contributed by atoms with E-state index in [4.69, 9.17) is 14.2 Å². The van der Waals surface area contributed by atoms with Crippen LogP contribution in [-0.2, 0) is 0 Å². The lowest BCUT2D eigenvalue weighted by Crippen LogP contribution is -1.99. The molecule has 24 heavy (non-hydrogen) atoms. The van der Waals surface area contributed by atoms with Crippen LogP contribution in [0.15, 0.2) is 42.5 Å². The van der Waals surface area contributed by atoms with Gasteiger partial charge >= 0.3 is 0 Å². The standard InChI is InChI=1S/C19H19FO4/c1-4-24-19-11-13(6-10-18(19)23-3)5-9-17(21)15-8-7-14(22-2)12-16(15)20/h5-12H,4H2,1-3H3/b9-5+. The van der Waals surface area contributed by atoms with Crippen molar-refractivity contribution < 1.29 is 23.4 Å².